The first kappa shape index (κ1) is 22.9. The molecule has 2 aromatic carbocycles. The number of H-pyrrole nitrogens is 1. The number of rotatable bonds is 6. The monoisotopic (exact) mass is 432 g/mol. The molecule has 0 saturated heterocycles. The van der Waals surface area contributed by atoms with E-state index < -0.39 is 0 Å². The third kappa shape index (κ3) is 5.38. The van der Waals surface area contributed by atoms with E-state index in [1.807, 2.05) is 12.1 Å². The smallest absolute Gasteiger partial charge is 0.243 e. The maximum absolute atomic E-state index is 12.7. The van der Waals surface area contributed by atoms with Gasteiger partial charge < -0.3 is 15.6 Å². The average Bonchev–Trinajstić information content (AvgIpc) is 3.21. The average molecular weight is 433 g/mol. The van der Waals surface area contributed by atoms with Gasteiger partial charge in [0.2, 0.25) is 5.91 Å². The van der Waals surface area contributed by atoms with Crippen LogP contribution in [0.5, 0.6) is 0 Å². The number of benzene rings is 2. The SMILES string of the molecule is Cl.Cl.O=C(NCCC(c1ccccc1)c1ccccc1)C1NCCc2[nH]cnc21. The van der Waals surface area contributed by atoms with Crippen LogP contribution in [-0.4, -0.2) is 29.0 Å². The maximum atomic E-state index is 12.7. The fraction of sp³-hybridized carbons (Fsp3) is 0.273. The van der Waals surface area contributed by atoms with E-state index >= 15 is 0 Å². The predicted molar refractivity (Wildman–Crippen MR) is 120 cm³/mol. The highest BCUT2D eigenvalue weighted by molar-refractivity contribution is 5.85. The summed E-state index contributed by atoms with van der Waals surface area (Å²) < 4.78 is 0. The van der Waals surface area contributed by atoms with Crippen molar-refractivity contribution in [2.45, 2.75) is 24.8 Å². The lowest BCUT2D eigenvalue weighted by molar-refractivity contribution is -0.123. The molecule has 4 rings (SSSR count). The van der Waals surface area contributed by atoms with E-state index in [9.17, 15) is 4.79 Å². The van der Waals surface area contributed by atoms with E-state index in [4.69, 9.17) is 0 Å². The van der Waals surface area contributed by atoms with Crippen molar-refractivity contribution in [3.63, 3.8) is 0 Å². The summed E-state index contributed by atoms with van der Waals surface area (Å²) in [5.74, 6) is 0.246. The fourth-order valence-corrected chi connectivity index (χ4v) is 3.77. The van der Waals surface area contributed by atoms with Gasteiger partial charge in [0.25, 0.3) is 0 Å². The number of aromatic amines is 1. The molecule has 1 aromatic heterocycles. The van der Waals surface area contributed by atoms with E-state index in [2.05, 4.69) is 69.1 Å². The van der Waals surface area contributed by atoms with Gasteiger partial charge in [0, 0.05) is 31.1 Å². The standard InChI is InChI=1S/C22H24N4O.2ClH/c27-22(21-20-19(12-14-23-21)25-15-26-20)24-13-11-18(16-7-3-1-4-8-16)17-9-5-2-6-10-17;;/h1-10,15,18,21,23H,11-14H2,(H,24,27)(H,25,26);2*1H. The third-order valence-corrected chi connectivity index (χ3v) is 5.15. The van der Waals surface area contributed by atoms with Crippen LogP contribution in [0.2, 0.25) is 0 Å². The zero-order valence-electron chi connectivity index (χ0n) is 16.0. The first-order valence-electron chi connectivity index (χ1n) is 9.46. The minimum atomic E-state index is -0.369. The lowest BCUT2D eigenvalue weighted by Crippen LogP contribution is -2.42. The topological polar surface area (TPSA) is 69.8 Å². The van der Waals surface area contributed by atoms with Crippen molar-refractivity contribution < 1.29 is 4.79 Å². The Hall–Kier alpha value is -2.34. The van der Waals surface area contributed by atoms with Crippen LogP contribution in [0.1, 0.15) is 40.9 Å². The number of hydrogen-bond donors (Lipinski definition) is 3. The highest BCUT2D eigenvalue weighted by Gasteiger charge is 2.28. The zero-order valence-corrected chi connectivity index (χ0v) is 17.6. The number of hydrogen-bond acceptors (Lipinski definition) is 3. The van der Waals surface area contributed by atoms with Crippen molar-refractivity contribution in [1.82, 2.24) is 20.6 Å². The molecule has 3 N–H and O–H groups in total. The van der Waals surface area contributed by atoms with Crippen LogP contribution in [0.3, 0.4) is 0 Å². The second kappa shape index (κ2) is 11.0. The number of carbonyl (C=O) groups is 1. The van der Waals surface area contributed by atoms with Gasteiger partial charge in [-0.1, -0.05) is 60.7 Å². The van der Waals surface area contributed by atoms with E-state index in [0.29, 0.717) is 6.54 Å². The number of fused-ring (bicyclic) bond motifs is 1. The van der Waals surface area contributed by atoms with Crippen LogP contribution in [0, 0.1) is 0 Å². The zero-order chi connectivity index (χ0) is 18.5. The Labute approximate surface area is 183 Å². The largest absolute Gasteiger partial charge is 0.354 e. The molecule has 1 atom stereocenters. The number of halogens is 2. The molecule has 1 amide bonds. The minimum Gasteiger partial charge on any atom is -0.354 e. The number of imidazole rings is 1. The molecule has 154 valence electrons. The summed E-state index contributed by atoms with van der Waals surface area (Å²) in [6.45, 7) is 1.40. The van der Waals surface area contributed by atoms with Crippen molar-refractivity contribution in [1.29, 1.82) is 0 Å². The van der Waals surface area contributed by atoms with Crippen LogP contribution in [0.4, 0.5) is 0 Å². The number of nitrogens with zero attached hydrogens (tertiary/aromatic N) is 1. The maximum Gasteiger partial charge on any atom is 0.243 e. The van der Waals surface area contributed by atoms with Gasteiger partial charge in [-0.3, -0.25) is 4.79 Å². The second-order valence-electron chi connectivity index (χ2n) is 6.86. The first-order chi connectivity index (χ1) is 13.3. The van der Waals surface area contributed by atoms with Crippen LogP contribution in [0.25, 0.3) is 0 Å². The van der Waals surface area contributed by atoms with E-state index in [1.54, 1.807) is 6.33 Å². The number of aromatic nitrogens is 2. The Morgan fingerprint density at radius 1 is 1.03 bits per heavy atom. The molecular weight excluding hydrogens is 407 g/mol. The molecule has 5 nitrogen and oxygen atoms in total. The second-order valence-corrected chi connectivity index (χ2v) is 6.86. The van der Waals surface area contributed by atoms with Gasteiger partial charge in [0.1, 0.15) is 6.04 Å². The number of carbonyl (C=O) groups excluding carboxylic acids is 1. The summed E-state index contributed by atoms with van der Waals surface area (Å²) in [5, 5.41) is 6.37. The molecule has 0 radical (unpaired) electrons. The van der Waals surface area contributed by atoms with Crippen LogP contribution in [0.15, 0.2) is 67.0 Å². The molecule has 0 fully saturated rings. The normalized spacial score (nSPS) is 15.0. The van der Waals surface area contributed by atoms with Crippen molar-refractivity contribution >= 4 is 30.7 Å². The minimum absolute atomic E-state index is 0. The van der Waals surface area contributed by atoms with Gasteiger partial charge >= 0.3 is 0 Å². The Balaban J connectivity index is 0.00000150. The van der Waals surface area contributed by atoms with Crippen LogP contribution >= 0.6 is 24.8 Å². The summed E-state index contributed by atoms with van der Waals surface area (Å²) in [4.78, 5) is 20.1. The third-order valence-electron chi connectivity index (χ3n) is 5.15. The summed E-state index contributed by atoms with van der Waals surface area (Å²) >= 11 is 0. The quantitative estimate of drug-likeness (QED) is 0.554. The molecule has 7 heteroatoms. The molecule has 29 heavy (non-hydrogen) atoms. The molecule has 0 spiro atoms. The molecule has 2 heterocycles. The van der Waals surface area contributed by atoms with Crippen LogP contribution in [-0.2, 0) is 11.2 Å². The first-order valence-corrected chi connectivity index (χ1v) is 9.46. The number of nitrogens with one attached hydrogen (secondary N) is 3. The van der Waals surface area contributed by atoms with Gasteiger partial charge in [-0.05, 0) is 17.5 Å². The van der Waals surface area contributed by atoms with Crippen molar-refractivity contribution in [3.05, 3.63) is 89.5 Å². The fourth-order valence-electron chi connectivity index (χ4n) is 3.77. The van der Waals surface area contributed by atoms with Gasteiger partial charge in [-0.15, -0.1) is 24.8 Å². The van der Waals surface area contributed by atoms with Gasteiger partial charge in [0.05, 0.1) is 12.0 Å². The van der Waals surface area contributed by atoms with Crippen molar-refractivity contribution in [2.75, 3.05) is 13.1 Å². The molecule has 1 aliphatic heterocycles. The molecule has 0 saturated carbocycles. The highest BCUT2D eigenvalue weighted by Crippen LogP contribution is 2.27. The van der Waals surface area contributed by atoms with E-state index in [-0.39, 0.29) is 42.7 Å². The Kier molecular flexibility index (Phi) is 8.70. The van der Waals surface area contributed by atoms with Gasteiger partial charge in [0.15, 0.2) is 0 Å². The summed E-state index contributed by atoms with van der Waals surface area (Å²) in [5.41, 5.74) is 4.41. The number of amides is 1. The summed E-state index contributed by atoms with van der Waals surface area (Å²) in [6.07, 6.45) is 3.39. The van der Waals surface area contributed by atoms with Gasteiger partial charge in [-0.25, -0.2) is 4.98 Å². The summed E-state index contributed by atoms with van der Waals surface area (Å²) in [7, 11) is 0. The van der Waals surface area contributed by atoms with E-state index in [0.717, 1.165) is 30.8 Å². The molecule has 0 aliphatic carbocycles. The Morgan fingerprint density at radius 2 is 1.66 bits per heavy atom. The Bertz CT molecular complexity index is 847. The molecular formula is C22H26Cl2N4O. The molecule has 3 aromatic rings. The van der Waals surface area contributed by atoms with Crippen LogP contribution < -0.4 is 10.6 Å². The lowest BCUT2D eigenvalue weighted by Gasteiger charge is -2.23. The van der Waals surface area contributed by atoms with Crippen molar-refractivity contribution in [2.24, 2.45) is 0 Å². The Morgan fingerprint density at radius 3 is 2.28 bits per heavy atom. The molecule has 1 unspecified atom stereocenters. The molecule has 0 bridgehead atoms. The summed E-state index contributed by atoms with van der Waals surface area (Å²) in [6, 6.07) is 20.6. The highest BCUT2D eigenvalue weighted by atomic mass is 35.5. The predicted octanol–water partition coefficient (Wildman–Crippen LogP) is 3.78. The van der Waals surface area contributed by atoms with E-state index in [1.165, 1.54) is 11.1 Å². The van der Waals surface area contributed by atoms with Gasteiger partial charge in [-0.2, -0.15) is 0 Å². The lowest BCUT2D eigenvalue weighted by atomic mass is 9.88. The molecule has 1 aliphatic rings. The van der Waals surface area contributed by atoms with Crippen molar-refractivity contribution in [3.8, 4) is 0 Å².